The maximum Gasteiger partial charge on any atom is 0.135 e. The Bertz CT molecular complexity index is 682. The Morgan fingerprint density at radius 1 is 1.06 bits per heavy atom. The summed E-state index contributed by atoms with van der Waals surface area (Å²) in [5, 5.41) is 2.33. The summed E-state index contributed by atoms with van der Waals surface area (Å²) in [4.78, 5) is 0. The normalized spacial score (nSPS) is 13.2. The van der Waals surface area contributed by atoms with Crippen LogP contribution in [0.15, 0.2) is 46.9 Å². The quantitative estimate of drug-likeness (QED) is 0.663. The number of hydrogen-bond donors (Lipinski definition) is 0. The summed E-state index contributed by atoms with van der Waals surface area (Å²) in [6.07, 6.45) is 0.104. The van der Waals surface area contributed by atoms with Crippen molar-refractivity contribution in [2.24, 2.45) is 0 Å². The number of benzene rings is 2. The van der Waals surface area contributed by atoms with E-state index in [1.807, 2.05) is 25.1 Å². The van der Waals surface area contributed by atoms with Gasteiger partial charge in [-0.2, -0.15) is 0 Å². The fourth-order valence-electron chi connectivity index (χ4n) is 2.34. The number of furan rings is 1. The highest BCUT2D eigenvalue weighted by molar-refractivity contribution is 6.04. The van der Waals surface area contributed by atoms with Gasteiger partial charge < -0.3 is 9.15 Å². The van der Waals surface area contributed by atoms with Gasteiger partial charge in [0.25, 0.3) is 0 Å². The van der Waals surface area contributed by atoms with Crippen LogP contribution in [0.1, 0.15) is 25.5 Å². The molecule has 0 aliphatic heterocycles. The Hall–Kier alpha value is -1.80. The van der Waals surface area contributed by atoms with E-state index in [1.54, 1.807) is 0 Å². The van der Waals surface area contributed by atoms with Crippen LogP contribution in [0.2, 0.25) is 0 Å². The maximum absolute atomic E-state index is 5.87. The van der Waals surface area contributed by atoms with Crippen LogP contribution in [0.3, 0.4) is 0 Å². The largest absolute Gasteiger partial charge is 0.456 e. The van der Waals surface area contributed by atoms with Crippen molar-refractivity contribution in [3.05, 3.63) is 48.0 Å². The molecule has 18 heavy (non-hydrogen) atoms. The molecule has 1 unspecified atom stereocenters. The van der Waals surface area contributed by atoms with Crippen LogP contribution in [0.5, 0.6) is 0 Å². The zero-order chi connectivity index (χ0) is 12.5. The first-order chi connectivity index (χ1) is 8.79. The van der Waals surface area contributed by atoms with Gasteiger partial charge in [-0.25, -0.2) is 0 Å². The summed E-state index contributed by atoms with van der Waals surface area (Å²) < 4.78 is 11.5. The predicted molar refractivity (Wildman–Crippen MR) is 73.8 cm³/mol. The van der Waals surface area contributed by atoms with E-state index in [2.05, 4.69) is 31.2 Å². The first-order valence-corrected chi connectivity index (χ1v) is 6.32. The van der Waals surface area contributed by atoms with Gasteiger partial charge in [-0.15, -0.1) is 0 Å². The molecule has 0 fully saturated rings. The van der Waals surface area contributed by atoms with Gasteiger partial charge in [-0.1, -0.05) is 30.3 Å². The van der Waals surface area contributed by atoms with Crippen molar-refractivity contribution in [3.63, 3.8) is 0 Å². The number of rotatable bonds is 3. The topological polar surface area (TPSA) is 22.4 Å². The monoisotopic (exact) mass is 240 g/mol. The van der Waals surface area contributed by atoms with Gasteiger partial charge in [0.15, 0.2) is 0 Å². The lowest BCUT2D eigenvalue weighted by Gasteiger charge is -2.11. The van der Waals surface area contributed by atoms with Crippen LogP contribution >= 0.6 is 0 Å². The summed E-state index contributed by atoms with van der Waals surface area (Å²) >= 11 is 0. The third kappa shape index (κ3) is 1.79. The molecule has 1 heterocycles. The van der Waals surface area contributed by atoms with Crippen LogP contribution in [-0.2, 0) is 4.74 Å². The molecule has 0 bridgehead atoms. The molecule has 0 amide bonds. The highest BCUT2D eigenvalue weighted by Gasteiger charge is 2.10. The second-order valence-corrected chi connectivity index (χ2v) is 4.45. The molecular formula is C16H16O2. The molecule has 0 saturated carbocycles. The fraction of sp³-hybridized carbons (Fsp3) is 0.250. The summed E-state index contributed by atoms with van der Waals surface area (Å²) in [6, 6.07) is 14.4. The van der Waals surface area contributed by atoms with Crippen molar-refractivity contribution < 1.29 is 9.15 Å². The molecule has 1 atom stereocenters. The molecule has 0 N–H and O–H groups in total. The highest BCUT2D eigenvalue weighted by atomic mass is 16.5. The van der Waals surface area contributed by atoms with E-state index in [9.17, 15) is 0 Å². The average molecular weight is 240 g/mol. The van der Waals surface area contributed by atoms with Gasteiger partial charge in [0, 0.05) is 17.4 Å². The van der Waals surface area contributed by atoms with Gasteiger partial charge in [0.05, 0.1) is 6.10 Å². The van der Waals surface area contributed by atoms with E-state index in [0.29, 0.717) is 0 Å². The standard InChI is InChI=1S/C16H16O2/c1-3-17-11(2)12-8-9-14-13-6-4-5-7-15(13)18-16(14)10-12/h4-11H,3H2,1-2H3. The minimum atomic E-state index is 0.104. The molecule has 2 heteroatoms. The van der Waals surface area contributed by atoms with Crippen molar-refractivity contribution in [3.8, 4) is 0 Å². The number of hydrogen-bond acceptors (Lipinski definition) is 2. The number of para-hydroxylation sites is 1. The molecule has 1 aromatic heterocycles. The van der Waals surface area contributed by atoms with Crippen molar-refractivity contribution in [1.82, 2.24) is 0 Å². The third-order valence-corrected chi connectivity index (χ3v) is 3.29. The second kappa shape index (κ2) is 4.46. The van der Waals surface area contributed by atoms with E-state index in [4.69, 9.17) is 9.15 Å². The number of ether oxygens (including phenoxy) is 1. The average Bonchev–Trinajstić information content (AvgIpc) is 2.76. The molecular weight excluding hydrogens is 224 g/mol. The van der Waals surface area contributed by atoms with Gasteiger partial charge in [-0.05, 0) is 31.5 Å². The summed E-state index contributed by atoms with van der Waals surface area (Å²) in [7, 11) is 0. The van der Waals surface area contributed by atoms with E-state index in [-0.39, 0.29) is 6.10 Å². The summed E-state index contributed by atoms with van der Waals surface area (Å²) in [5.41, 5.74) is 3.03. The molecule has 2 nitrogen and oxygen atoms in total. The molecule has 2 aromatic carbocycles. The first-order valence-electron chi connectivity index (χ1n) is 6.32. The highest BCUT2D eigenvalue weighted by Crippen LogP contribution is 2.30. The Morgan fingerprint density at radius 2 is 1.83 bits per heavy atom. The number of fused-ring (bicyclic) bond motifs is 3. The fourth-order valence-corrected chi connectivity index (χ4v) is 2.34. The maximum atomic E-state index is 5.87. The molecule has 3 rings (SSSR count). The zero-order valence-electron chi connectivity index (χ0n) is 10.6. The minimum absolute atomic E-state index is 0.104. The van der Waals surface area contributed by atoms with Crippen molar-refractivity contribution in [2.75, 3.05) is 6.61 Å². The van der Waals surface area contributed by atoms with E-state index >= 15 is 0 Å². The van der Waals surface area contributed by atoms with Crippen molar-refractivity contribution in [2.45, 2.75) is 20.0 Å². The lowest BCUT2D eigenvalue weighted by molar-refractivity contribution is 0.0764. The van der Waals surface area contributed by atoms with Crippen molar-refractivity contribution in [1.29, 1.82) is 0 Å². The van der Waals surface area contributed by atoms with Crippen molar-refractivity contribution >= 4 is 21.9 Å². The minimum Gasteiger partial charge on any atom is -0.456 e. The van der Waals surface area contributed by atoms with Crippen LogP contribution in [0, 0.1) is 0 Å². The first kappa shape index (κ1) is 11.3. The van der Waals surface area contributed by atoms with E-state index < -0.39 is 0 Å². The molecule has 0 aliphatic carbocycles. The zero-order valence-corrected chi connectivity index (χ0v) is 10.6. The Morgan fingerprint density at radius 3 is 2.67 bits per heavy atom. The SMILES string of the molecule is CCOC(C)c1ccc2c(c1)oc1ccccc12. The smallest absolute Gasteiger partial charge is 0.135 e. The Balaban J connectivity index is 2.15. The lowest BCUT2D eigenvalue weighted by Crippen LogP contribution is -1.98. The van der Waals surface area contributed by atoms with Gasteiger partial charge in [0.2, 0.25) is 0 Å². The van der Waals surface area contributed by atoms with Gasteiger partial charge >= 0.3 is 0 Å². The van der Waals surface area contributed by atoms with Gasteiger partial charge in [0.1, 0.15) is 11.2 Å². The molecule has 92 valence electrons. The molecule has 0 spiro atoms. The molecule has 0 radical (unpaired) electrons. The Labute approximate surface area is 106 Å². The lowest BCUT2D eigenvalue weighted by atomic mass is 10.1. The van der Waals surface area contributed by atoms with Crippen LogP contribution in [0.25, 0.3) is 21.9 Å². The third-order valence-electron chi connectivity index (χ3n) is 3.29. The van der Waals surface area contributed by atoms with Crippen LogP contribution in [-0.4, -0.2) is 6.61 Å². The Kier molecular flexibility index (Phi) is 2.80. The van der Waals surface area contributed by atoms with E-state index in [0.717, 1.165) is 28.7 Å². The van der Waals surface area contributed by atoms with Crippen LogP contribution < -0.4 is 0 Å². The second-order valence-electron chi connectivity index (χ2n) is 4.45. The summed E-state index contributed by atoms with van der Waals surface area (Å²) in [5.74, 6) is 0. The van der Waals surface area contributed by atoms with Gasteiger partial charge in [-0.3, -0.25) is 0 Å². The summed E-state index contributed by atoms with van der Waals surface area (Å²) in [6.45, 7) is 4.79. The van der Waals surface area contributed by atoms with E-state index in [1.165, 1.54) is 5.39 Å². The molecule has 0 saturated heterocycles. The van der Waals surface area contributed by atoms with Crippen LogP contribution in [0.4, 0.5) is 0 Å². The molecule has 0 aliphatic rings. The molecule has 3 aromatic rings. The predicted octanol–water partition coefficient (Wildman–Crippen LogP) is 4.68.